The van der Waals surface area contributed by atoms with Crippen LogP contribution in [0.5, 0.6) is 0 Å². The van der Waals surface area contributed by atoms with Crippen molar-refractivity contribution in [3.05, 3.63) is 0 Å². The van der Waals surface area contributed by atoms with Crippen LogP contribution in [0.2, 0.25) is 0 Å². The second-order valence-corrected chi connectivity index (χ2v) is 3.06. The van der Waals surface area contributed by atoms with Gasteiger partial charge in [0, 0.05) is 0 Å². The standard InChI is InChI=1S/C6H11N3O2/c1-4-3-9(2,5(7)10)6(11)8-4/h4H,3H2,1-2H3,(H2-,7,8,10,11)/p+1. The quantitative estimate of drug-likeness (QED) is 0.472. The molecule has 1 heterocycles. The molecule has 2 atom stereocenters. The summed E-state index contributed by atoms with van der Waals surface area (Å²) in [7, 11) is 1.52. The Labute approximate surface area is 64.7 Å². The van der Waals surface area contributed by atoms with Crippen molar-refractivity contribution in [2.24, 2.45) is 5.73 Å². The highest BCUT2D eigenvalue weighted by atomic mass is 16.2. The van der Waals surface area contributed by atoms with Gasteiger partial charge in [-0.1, -0.05) is 0 Å². The minimum absolute atomic E-state index is 0.0278. The first-order valence-corrected chi connectivity index (χ1v) is 3.43. The van der Waals surface area contributed by atoms with Crippen LogP contribution < -0.4 is 11.1 Å². The van der Waals surface area contributed by atoms with Gasteiger partial charge >= 0.3 is 12.1 Å². The van der Waals surface area contributed by atoms with Crippen molar-refractivity contribution in [1.29, 1.82) is 0 Å². The Bertz CT molecular complexity index is 216. The van der Waals surface area contributed by atoms with E-state index in [1.54, 1.807) is 0 Å². The number of hydrogen-bond acceptors (Lipinski definition) is 2. The second-order valence-electron chi connectivity index (χ2n) is 3.06. The maximum atomic E-state index is 11.1. The second kappa shape index (κ2) is 2.20. The molecule has 0 spiro atoms. The molecule has 1 fully saturated rings. The molecule has 1 rings (SSSR count). The molecule has 0 aromatic carbocycles. The summed E-state index contributed by atoms with van der Waals surface area (Å²) in [5, 5.41) is 2.62. The van der Waals surface area contributed by atoms with E-state index < -0.39 is 6.03 Å². The molecule has 4 amide bonds. The zero-order valence-electron chi connectivity index (χ0n) is 6.63. The maximum Gasteiger partial charge on any atom is 0.425 e. The van der Waals surface area contributed by atoms with Crippen molar-refractivity contribution in [2.45, 2.75) is 13.0 Å². The van der Waals surface area contributed by atoms with E-state index in [0.717, 1.165) is 0 Å². The van der Waals surface area contributed by atoms with Gasteiger partial charge < -0.3 is 5.73 Å². The minimum atomic E-state index is -0.605. The van der Waals surface area contributed by atoms with Crippen molar-refractivity contribution < 1.29 is 14.1 Å². The first-order chi connectivity index (χ1) is 4.97. The summed E-state index contributed by atoms with van der Waals surface area (Å²) in [5.41, 5.74) is 5.06. The van der Waals surface area contributed by atoms with E-state index in [1.165, 1.54) is 7.05 Å². The van der Waals surface area contributed by atoms with Crippen molar-refractivity contribution in [1.82, 2.24) is 5.32 Å². The van der Waals surface area contributed by atoms with Crippen LogP contribution in [0.1, 0.15) is 6.92 Å². The van der Waals surface area contributed by atoms with E-state index in [2.05, 4.69) is 5.32 Å². The van der Waals surface area contributed by atoms with Crippen LogP contribution in [-0.4, -0.2) is 36.2 Å². The third kappa shape index (κ3) is 1.07. The molecule has 0 aromatic rings. The number of likely N-dealkylation sites (N-methyl/N-ethyl adjacent to an activating group) is 1. The van der Waals surface area contributed by atoms with E-state index in [1.807, 2.05) is 6.92 Å². The van der Waals surface area contributed by atoms with Crippen LogP contribution >= 0.6 is 0 Å². The van der Waals surface area contributed by atoms with Crippen LogP contribution in [-0.2, 0) is 0 Å². The average Bonchev–Trinajstić information content (AvgIpc) is 2.08. The molecule has 11 heavy (non-hydrogen) atoms. The summed E-state index contributed by atoms with van der Waals surface area (Å²) in [5.74, 6) is 0. The van der Waals surface area contributed by atoms with Crippen molar-refractivity contribution >= 4 is 12.1 Å². The fourth-order valence-electron chi connectivity index (χ4n) is 1.22. The van der Waals surface area contributed by atoms with Gasteiger partial charge in [0.15, 0.2) is 0 Å². The number of carbonyl (C=O) groups excluding carboxylic acids is 2. The van der Waals surface area contributed by atoms with Crippen LogP contribution in [0.3, 0.4) is 0 Å². The van der Waals surface area contributed by atoms with Gasteiger partial charge in [-0.3, -0.25) is 5.32 Å². The Kier molecular flexibility index (Phi) is 1.60. The molecule has 1 aliphatic rings. The van der Waals surface area contributed by atoms with Gasteiger partial charge in [-0.25, -0.2) is 9.59 Å². The van der Waals surface area contributed by atoms with Gasteiger partial charge in [-0.05, 0) is 6.92 Å². The number of nitrogens with two attached hydrogens (primary N) is 1. The average molecular weight is 158 g/mol. The third-order valence-electron chi connectivity index (χ3n) is 1.94. The first-order valence-electron chi connectivity index (χ1n) is 3.43. The monoisotopic (exact) mass is 158 g/mol. The lowest BCUT2D eigenvalue weighted by Gasteiger charge is -2.17. The summed E-state index contributed by atoms with van der Waals surface area (Å²) in [6.45, 7) is 2.28. The Morgan fingerprint density at radius 1 is 1.82 bits per heavy atom. The van der Waals surface area contributed by atoms with E-state index in [9.17, 15) is 9.59 Å². The first kappa shape index (κ1) is 8.00. The number of urea groups is 2. The number of hydrogen-bond donors (Lipinski definition) is 2. The SMILES string of the molecule is CC1C[N+](C)(C(N)=O)C(=O)N1. The molecule has 1 aliphatic heterocycles. The maximum absolute atomic E-state index is 11.1. The Balaban J connectivity index is 2.88. The van der Waals surface area contributed by atoms with Crippen molar-refractivity contribution in [2.75, 3.05) is 13.6 Å². The number of rotatable bonds is 0. The van der Waals surface area contributed by atoms with Gasteiger partial charge in [0.1, 0.15) is 6.54 Å². The molecule has 0 bridgehead atoms. The number of quaternary nitrogens is 1. The summed E-state index contributed by atoms with van der Waals surface area (Å²) >= 11 is 0. The van der Waals surface area contributed by atoms with E-state index in [-0.39, 0.29) is 16.6 Å². The minimum Gasteiger partial charge on any atom is -0.318 e. The summed E-state index contributed by atoms with van der Waals surface area (Å²) in [6, 6.07) is -0.892. The predicted molar refractivity (Wildman–Crippen MR) is 38.6 cm³/mol. The summed E-state index contributed by atoms with van der Waals surface area (Å²) in [6.07, 6.45) is 0. The molecule has 3 N–H and O–H groups in total. The molecule has 1 saturated heterocycles. The number of nitrogens with one attached hydrogen (secondary N) is 1. The summed E-state index contributed by atoms with van der Waals surface area (Å²) < 4.78 is -0.332. The molecule has 0 aromatic heterocycles. The summed E-state index contributed by atoms with van der Waals surface area (Å²) in [4.78, 5) is 21.9. The lowest BCUT2D eigenvalue weighted by molar-refractivity contribution is -0.734. The largest absolute Gasteiger partial charge is 0.425 e. The normalized spacial score (nSPS) is 36.9. The molecule has 0 saturated carbocycles. The van der Waals surface area contributed by atoms with Gasteiger partial charge in [0.2, 0.25) is 0 Å². The van der Waals surface area contributed by atoms with Crippen molar-refractivity contribution in [3.63, 3.8) is 0 Å². The molecule has 5 nitrogen and oxygen atoms in total. The van der Waals surface area contributed by atoms with Gasteiger partial charge in [0.05, 0.1) is 13.1 Å². The van der Waals surface area contributed by atoms with Crippen LogP contribution in [0.25, 0.3) is 0 Å². The van der Waals surface area contributed by atoms with Gasteiger partial charge in [-0.2, -0.15) is 4.48 Å². The van der Waals surface area contributed by atoms with Gasteiger partial charge in [0.25, 0.3) is 0 Å². The van der Waals surface area contributed by atoms with E-state index in [4.69, 9.17) is 5.73 Å². The van der Waals surface area contributed by atoms with Crippen molar-refractivity contribution in [3.8, 4) is 0 Å². The zero-order valence-corrected chi connectivity index (χ0v) is 6.63. The molecule has 0 radical (unpaired) electrons. The van der Waals surface area contributed by atoms with E-state index >= 15 is 0 Å². The van der Waals surface area contributed by atoms with Crippen LogP contribution in [0, 0.1) is 0 Å². The predicted octanol–water partition coefficient (Wildman–Crippen LogP) is -0.377. The topological polar surface area (TPSA) is 72.2 Å². The molecular formula is C6H12N3O2+. The molecule has 5 heteroatoms. The fourth-order valence-corrected chi connectivity index (χ4v) is 1.22. The fraction of sp³-hybridized carbons (Fsp3) is 0.667. The molecule has 0 aliphatic carbocycles. The van der Waals surface area contributed by atoms with Gasteiger partial charge in [-0.15, -0.1) is 0 Å². The zero-order chi connectivity index (χ0) is 8.65. The number of amides is 4. The number of primary amides is 1. The Hall–Kier alpha value is -1.10. The number of imide groups is 1. The lowest BCUT2D eigenvalue weighted by Crippen LogP contribution is -2.54. The van der Waals surface area contributed by atoms with Crippen LogP contribution in [0.4, 0.5) is 9.59 Å². The highest BCUT2D eigenvalue weighted by Crippen LogP contribution is 2.11. The number of carbonyl (C=O) groups is 2. The highest BCUT2D eigenvalue weighted by molar-refractivity contribution is 5.83. The highest BCUT2D eigenvalue weighted by Gasteiger charge is 2.46. The van der Waals surface area contributed by atoms with E-state index in [0.29, 0.717) is 6.54 Å². The molecular weight excluding hydrogens is 146 g/mol. The molecule has 62 valence electrons. The Morgan fingerprint density at radius 3 is 2.55 bits per heavy atom. The van der Waals surface area contributed by atoms with Crippen LogP contribution in [0.15, 0.2) is 0 Å². The molecule has 2 unspecified atom stereocenters. The third-order valence-corrected chi connectivity index (χ3v) is 1.94. The lowest BCUT2D eigenvalue weighted by atomic mass is 10.3. The number of nitrogens with zero attached hydrogens (tertiary/aromatic N) is 1. The smallest absolute Gasteiger partial charge is 0.318 e. The Morgan fingerprint density at radius 2 is 2.36 bits per heavy atom.